The van der Waals surface area contributed by atoms with Crippen LogP contribution in [-0.4, -0.2) is 93.0 Å². The molecule has 0 bridgehead atoms. The molecule has 15 heteroatoms. The highest BCUT2D eigenvalue weighted by molar-refractivity contribution is 7.90. The number of fused-ring (bicyclic) bond motifs is 6. The first-order valence-corrected chi connectivity index (χ1v) is 29.5. The average molecular weight is 1100 g/mol. The number of carboxylic acids is 1. The minimum absolute atomic E-state index is 0.178. The van der Waals surface area contributed by atoms with Crippen LogP contribution in [-0.2, 0) is 33.7 Å². The molecule has 8 atom stereocenters. The van der Waals surface area contributed by atoms with Crippen molar-refractivity contribution in [2.45, 2.75) is 113 Å². The number of hydrogen-bond donors (Lipinski definition) is 4. The van der Waals surface area contributed by atoms with Gasteiger partial charge in [0.05, 0.1) is 48.1 Å². The lowest BCUT2D eigenvalue weighted by atomic mass is 9.68. The van der Waals surface area contributed by atoms with Crippen LogP contribution in [0, 0.1) is 23.7 Å². The number of ether oxygens (including phenoxy) is 2. The molecule has 0 aromatic heterocycles. The molecule has 6 aliphatic rings. The van der Waals surface area contributed by atoms with Gasteiger partial charge in [0, 0.05) is 52.6 Å². The Morgan fingerprint density at radius 3 is 1.57 bits per heavy atom. The Kier molecular flexibility index (Phi) is 17.3. The van der Waals surface area contributed by atoms with Gasteiger partial charge in [-0.3, -0.25) is 4.79 Å². The lowest BCUT2D eigenvalue weighted by Gasteiger charge is -2.45. The second-order valence-corrected chi connectivity index (χ2v) is 25.0. The van der Waals surface area contributed by atoms with Gasteiger partial charge < -0.3 is 34.6 Å². The normalized spacial score (nSPS) is 25.1. The van der Waals surface area contributed by atoms with E-state index in [-0.39, 0.29) is 33.8 Å². The largest absolute Gasteiger partial charge is 0.490 e. The minimum Gasteiger partial charge on any atom is -0.490 e. The molecule has 2 aliphatic heterocycles. The molecule has 0 unspecified atom stereocenters. The number of amides is 1. The second-order valence-electron chi connectivity index (χ2n) is 22.4. The molecule has 10 rings (SSSR count). The number of hydrogen-bond acceptors (Lipinski definition) is 10. The number of aliphatic hydroxyl groups excluding tert-OH is 2. The van der Waals surface area contributed by atoms with Crippen LogP contribution in [0.25, 0.3) is 0 Å². The molecule has 2 fully saturated rings. The Bertz CT molecular complexity index is 2930. The number of anilines is 2. The molecule has 4 aromatic rings. The lowest BCUT2D eigenvalue weighted by Crippen LogP contribution is -2.48. The first kappa shape index (κ1) is 55.4. The maximum Gasteiger partial charge on any atom is 0.335 e. The summed E-state index contributed by atoms with van der Waals surface area (Å²) in [6.07, 6.45) is 17.2. The fourth-order valence-electron chi connectivity index (χ4n) is 13.1. The standard InChI is InChI=1S/C32H39ClN2O5S.C29H34ClNO4/c1-3-6-27(36)17-22-8-9-25(22)19-35-20-32(14-5-7-23-16-26(33)11-12-28(23)32)21-40-30-13-10-24(18-29(30)35)31(37)34-41(38,39)15-4-2;1-2-4-24(32)14-19-6-7-22(19)16-31-17-29(12-3-5-20-13-23(30)9-10-25(20)29)18-35-27-11-8-21(28(33)34)15-26(27)31/h3-4,10-13,16,18,22,25,27,36H,1-2,5-9,14-15,17,19-21H2,(H,34,37);2,8-11,13,15,19,22,24,32H,1,3-7,12,14,16-18H2,(H,33,34)/t22-,25-,27+,32-;19-,22-,24-,29-/m00/s1. The zero-order valence-corrected chi connectivity index (χ0v) is 45.8. The van der Waals surface area contributed by atoms with E-state index in [1.165, 1.54) is 28.3 Å². The Morgan fingerprint density at radius 1 is 0.671 bits per heavy atom. The van der Waals surface area contributed by atoms with Gasteiger partial charge in [-0.2, -0.15) is 0 Å². The van der Waals surface area contributed by atoms with E-state index < -0.39 is 28.0 Å². The number of rotatable bonds is 17. The molecule has 2 saturated carbocycles. The van der Waals surface area contributed by atoms with Gasteiger partial charge in [-0.05, 0) is 196 Å². The summed E-state index contributed by atoms with van der Waals surface area (Å²) in [6, 6.07) is 22.7. The van der Waals surface area contributed by atoms with Crippen molar-refractivity contribution in [1.29, 1.82) is 0 Å². The minimum atomic E-state index is -3.82. The predicted molar refractivity (Wildman–Crippen MR) is 302 cm³/mol. The highest BCUT2D eigenvalue weighted by Gasteiger charge is 2.46. The number of aliphatic hydroxyl groups is 2. The third kappa shape index (κ3) is 12.3. The van der Waals surface area contributed by atoms with Crippen molar-refractivity contribution in [3.63, 3.8) is 0 Å². The van der Waals surface area contributed by atoms with E-state index in [9.17, 15) is 33.3 Å². The number of benzene rings is 4. The quantitative estimate of drug-likeness (QED) is 0.0744. The van der Waals surface area contributed by atoms with Crippen molar-refractivity contribution < 1.29 is 42.8 Å². The summed E-state index contributed by atoms with van der Waals surface area (Å²) in [4.78, 5) is 29.5. The molecule has 4 aliphatic carbocycles. The van der Waals surface area contributed by atoms with Crippen molar-refractivity contribution >= 4 is 56.5 Å². The first-order chi connectivity index (χ1) is 36.5. The summed E-state index contributed by atoms with van der Waals surface area (Å²) >= 11 is 12.7. The zero-order chi connectivity index (χ0) is 53.8. The van der Waals surface area contributed by atoms with Crippen LogP contribution in [0.4, 0.5) is 11.4 Å². The number of nitrogens with one attached hydrogen (secondary N) is 1. The summed E-state index contributed by atoms with van der Waals surface area (Å²) in [5.41, 5.74) is 6.84. The predicted octanol–water partition coefficient (Wildman–Crippen LogP) is 11.3. The van der Waals surface area contributed by atoms with Crippen molar-refractivity contribution in [2.24, 2.45) is 23.7 Å². The molecule has 4 aromatic carbocycles. The molecule has 0 saturated heterocycles. The van der Waals surface area contributed by atoms with Crippen LogP contribution in [0.2, 0.25) is 10.0 Å². The van der Waals surface area contributed by atoms with Gasteiger partial charge in [0.25, 0.3) is 5.91 Å². The van der Waals surface area contributed by atoms with E-state index >= 15 is 0 Å². The summed E-state index contributed by atoms with van der Waals surface area (Å²) in [5.74, 6) is 1.18. The van der Waals surface area contributed by atoms with Crippen molar-refractivity contribution in [3.05, 3.63) is 154 Å². The number of nitrogens with zero attached hydrogens (tertiary/aromatic N) is 2. The van der Waals surface area contributed by atoms with Gasteiger partial charge in [0.15, 0.2) is 0 Å². The third-order valence-electron chi connectivity index (χ3n) is 17.3. The number of aryl methyl sites for hydroxylation is 2. The van der Waals surface area contributed by atoms with E-state index in [1.54, 1.807) is 42.5 Å². The molecular weight excluding hydrogens is 1020 g/mol. The van der Waals surface area contributed by atoms with E-state index in [0.29, 0.717) is 62.0 Å². The van der Waals surface area contributed by atoms with Crippen molar-refractivity contribution in [2.75, 3.05) is 54.9 Å². The van der Waals surface area contributed by atoms with Crippen molar-refractivity contribution in [3.8, 4) is 11.5 Å². The zero-order valence-electron chi connectivity index (χ0n) is 43.4. The van der Waals surface area contributed by atoms with E-state index in [0.717, 1.165) is 124 Å². The monoisotopic (exact) mass is 1090 g/mol. The third-order valence-corrected chi connectivity index (χ3v) is 18.9. The van der Waals surface area contributed by atoms with Crippen LogP contribution in [0.3, 0.4) is 0 Å². The fraction of sp³-hybridized carbons (Fsp3) is 0.475. The van der Waals surface area contributed by atoms with E-state index in [2.05, 4.69) is 58.5 Å². The summed E-state index contributed by atoms with van der Waals surface area (Å²) in [6.45, 7) is 15.1. The van der Waals surface area contributed by atoms with Gasteiger partial charge in [0.2, 0.25) is 10.0 Å². The molecule has 4 N–H and O–H groups in total. The van der Waals surface area contributed by atoms with Gasteiger partial charge in [0.1, 0.15) is 11.5 Å². The Balaban J connectivity index is 0.000000188. The fourth-order valence-corrected chi connectivity index (χ4v) is 14.3. The van der Waals surface area contributed by atoms with E-state index in [4.69, 9.17) is 32.7 Å². The van der Waals surface area contributed by atoms with Crippen LogP contribution in [0.5, 0.6) is 11.5 Å². The number of halogens is 2. The first-order valence-electron chi connectivity index (χ1n) is 27.1. The van der Waals surface area contributed by atoms with Crippen molar-refractivity contribution in [1.82, 2.24) is 4.72 Å². The molecule has 406 valence electrons. The summed E-state index contributed by atoms with van der Waals surface area (Å²) in [5, 5.41) is 32.0. The number of carbonyl (C=O) groups is 2. The Morgan fingerprint density at radius 2 is 1.13 bits per heavy atom. The van der Waals surface area contributed by atoms with Crippen LogP contribution in [0.15, 0.2) is 111 Å². The molecule has 76 heavy (non-hydrogen) atoms. The van der Waals surface area contributed by atoms with Gasteiger partial charge >= 0.3 is 5.97 Å². The summed E-state index contributed by atoms with van der Waals surface area (Å²) in [7, 11) is -3.82. The van der Waals surface area contributed by atoms with Gasteiger partial charge in [-0.25, -0.2) is 17.9 Å². The highest BCUT2D eigenvalue weighted by Crippen LogP contribution is 2.49. The molecule has 2 heterocycles. The second kappa shape index (κ2) is 23.7. The number of sulfonamides is 1. The lowest BCUT2D eigenvalue weighted by molar-refractivity contribution is 0.0696. The van der Waals surface area contributed by atoms with Crippen LogP contribution in [0.1, 0.15) is 120 Å². The smallest absolute Gasteiger partial charge is 0.335 e. The average Bonchev–Trinajstić information content (AvgIpc) is 3.65. The molecule has 1 amide bonds. The number of carboxylic acid groups (broad SMARTS) is 1. The molecular formula is C61H73Cl2N3O9S. The van der Waals surface area contributed by atoms with Crippen LogP contribution >= 0.6 is 23.2 Å². The van der Waals surface area contributed by atoms with Crippen LogP contribution < -0.4 is 24.0 Å². The molecule has 2 spiro atoms. The molecule has 12 nitrogen and oxygen atoms in total. The number of aromatic carboxylic acids is 1. The SMILES string of the molecule is C=CC[C@@H](O)C[C@@H]1CC[C@H]1CN1C[C@@]2(CCCc3cc(Cl)ccc32)COc2ccc(C(=O)NS(=O)(=O)CC=C)cc21.C=CC[C@H](O)C[C@@H]1CC[C@H]1CN1C[C@@]2(CCCc3cc(Cl)ccc32)COc2ccc(C(=O)O)cc21. The topological polar surface area (TPSA) is 166 Å². The highest BCUT2D eigenvalue weighted by atomic mass is 35.5. The molecule has 0 radical (unpaired) electrons. The maximum absolute atomic E-state index is 13.0. The maximum atomic E-state index is 13.0. The van der Waals surface area contributed by atoms with Gasteiger partial charge in [-0.15, -0.1) is 19.7 Å². The number of carbonyl (C=O) groups excluding carboxylic acids is 1. The van der Waals surface area contributed by atoms with E-state index in [1.807, 2.05) is 18.2 Å². The van der Waals surface area contributed by atoms with Gasteiger partial charge in [-0.1, -0.05) is 53.6 Å². The Labute approximate surface area is 458 Å². The summed E-state index contributed by atoms with van der Waals surface area (Å²) < 4.78 is 39.6. The Hall–Kier alpha value is -5.31.